The molecule has 1 saturated heterocycles. The van der Waals surface area contributed by atoms with Crippen LogP contribution >= 0.6 is 15.9 Å². The lowest BCUT2D eigenvalue weighted by atomic mass is 9.87. The topological polar surface area (TPSA) is 459 Å². The minimum Gasteiger partial charge on any atom is -0.488 e. The van der Waals surface area contributed by atoms with Crippen molar-refractivity contribution in [1.29, 1.82) is 0 Å². The molecule has 6 aromatic rings. The van der Waals surface area contributed by atoms with E-state index in [0.717, 1.165) is 16.7 Å². The Labute approximate surface area is 797 Å². The van der Waals surface area contributed by atoms with Gasteiger partial charge in [-0.25, -0.2) is 15.0 Å². The summed E-state index contributed by atoms with van der Waals surface area (Å²) in [6.07, 6.45) is 1.70. The molecule has 1 aliphatic heterocycles. The van der Waals surface area contributed by atoms with Crippen LogP contribution in [0, 0.1) is 49.9 Å². The van der Waals surface area contributed by atoms with Gasteiger partial charge in [0.25, 0.3) is 0 Å². The number of nitrogens with one attached hydrogen (secondary N) is 6. The number of benzene rings is 3. The number of fused-ring (bicyclic) bond motifs is 2. The van der Waals surface area contributed by atoms with Crippen molar-refractivity contribution in [2.24, 2.45) is 29.1 Å². The largest absolute Gasteiger partial charge is 0.488 e. The maximum atomic E-state index is 15.2. The predicted octanol–water partition coefficient (Wildman–Crippen LogP) is 12.0. The van der Waals surface area contributed by atoms with Crippen molar-refractivity contribution in [3.05, 3.63) is 124 Å². The van der Waals surface area contributed by atoms with Crippen molar-refractivity contribution < 1.29 is 100 Å². The number of carbonyl (C=O) groups is 17. The van der Waals surface area contributed by atoms with Crippen LogP contribution < -0.4 is 41.4 Å². The third kappa shape index (κ3) is 34.5. The number of likely N-dealkylation sites (tertiary alicyclic amines) is 1. The maximum absolute atomic E-state index is 15.2. The van der Waals surface area contributed by atoms with Crippen molar-refractivity contribution in [2.75, 3.05) is 38.7 Å². The van der Waals surface area contributed by atoms with E-state index < -0.39 is 149 Å². The second kappa shape index (κ2) is 50.7. The van der Waals surface area contributed by atoms with E-state index in [9.17, 15) is 62.3 Å². The Morgan fingerprint density at radius 3 is 1.56 bits per heavy atom. The fourth-order valence-corrected chi connectivity index (χ4v) is 17.1. The summed E-state index contributed by atoms with van der Waals surface area (Å²) < 4.78 is 24.9. The number of rotatable bonds is 57. The number of Topliss-reactive ketones (excluding diaryl/α,β-unsaturated/α-hetero) is 9. The van der Waals surface area contributed by atoms with Crippen LogP contribution in [0.3, 0.4) is 0 Å². The van der Waals surface area contributed by atoms with Gasteiger partial charge in [0.1, 0.15) is 86.1 Å². The molecule has 34 heteroatoms. The van der Waals surface area contributed by atoms with Crippen LogP contribution in [0.2, 0.25) is 0 Å². The highest BCUT2D eigenvalue weighted by Gasteiger charge is 2.66. The van der Waals surface area contributed by atoms with Gasteiger partial charge in [0.15, 0.2) is 23.1 Å². The molecular weight excluding hydrogens is 1800 g/mol. The number of ether oxygens (including phenoxy) is 4. The summed E-state index contributed by atoms with van der Waals surface area (Å²) in [6.45, 7) is 24.6. The smallest absolute Gasteiger partial charge is 0.305 e. The van der Waals surface area contributed by atoms with Gasteiger partial charge < -0.3 is 74.9 Å². The predicted molar refractivity (Wildman–Crippen MR) is 507 cm³/mol. The van der Waals surface area contributed by atoms with Crippen LogP contribution in [0.1, 0.15) is 256 Å². The molecule has 2 aliphatic rings. The number of aryl methyl sites for hydroxylation is 3. The zero-order valence-corrected chi connectivity index (χ0v) is 82.3. The molecule has 135 heavy (non-hydrogen) atoms. The molecule has 4 heterocycles. The lowest BCUT2D eigenvalue weighted by molar-refractivity contribution is -0.142. The molecule has 3 aromatic carbocycles. The molecule has 8 rings (SSSR count). The van der Waals surface area contributed by atoms with Gasteiger partial charge in [-0.05, 0) is 259 Å². The highest BCUT2D eigenvalue weighted by molar-refractivity contribution is 9.10. The van der Waals surface area contributed by atoms with Crippen LogP contribution in [0.4, 0.5) is 5.82 Å². The van der Waals surface area contributed by atoms with Crippen molar-refractivity contribution in [3.8, 4) is 22.6 Å². The highest BCUT2D eigenvalue weighted by Crippen LogP contribution is 2.62. The van der Waals surface area contributed by atoms with E-state index in [1.165, 1.54) is 46.4 Å². The number of ketones is 9. The lowest BCUT2D eigenvalue weighted by Crippen LogP contribution is -2.49. The van der Waals surface area contributed by atoms with Crippen LogP contribution in [0.25, 0.3) is 22.0 Å². The average molecular weight is 1930 g/mol. The quantitative estimate of drug-likeness (QED) is 0.00894. The van der Waals surface area contributed by atoms with Gasteiger partial charge in [0.2, 0.25) is 41.4 Å². The zero-order valence-electron chi connectivity index (χ0n) is 80.7. The van der Waals surface area contributed by atoms with Gasteiger partial charge in [-0.15, -0.1) is 0 Å². The number of esters is 1. The fraction of sp³-hybridized carbons (Fsp3) is 0.554. The standard InChI is InChI=1S/C101H133BrN12O21/c1-17-88(124)103-42-19-18-20-79(107-96(129)72(31-24-63(6)117)53-85(123)81(49-68-27-35-77(36-28-68)135-100(13,14)15)108-95(128)69(47-64(7)118)29-22-61(4)115)83(121)52-71(30-23-62(5)116)97(130)109-80(48-67-25-33-76(34-26-67)134-99(10,11)12)84(122)51-70(32-38-90(126)132-16)94(127)104-43-45-133-44-40-75(120)39-41-101-54-82(98(131)111-93-59(2)21-37-87(102)110-93)114(86(101)55-101)89(125)58-113-92-60(3)46-73(74-56-105-66(9)106-57-74)50-78(92)91(112-113)65(8)119/h21,25-28,33-37,46,50,56-57,69-72,79-82,86H,17-20,22-24,29-32,38-45,47-49,51-55,58H2,1-16H3,(H,103,124)(H,104,127)(H,107,129)(H,108,128)(H,109,130)(H,110,111,131)/t69-,70-,71-,72-,79+,80+,81+,82+,86-,101+/m1/s1. The van der Waals surface area contributed by atoms with E-state index >= 15 is 19.2 Å². The lowest BCUT2D eigenvalue weighted by Gasteiger charge is -2.27. The Hall–Kier alpha value is -11.8. The first kappa shape index (κ1) is 109. The number of amides is 7. The van der Waals surface area contributed by atoms with E-state index in [1.807, 2.05) is 60.6 Å². The molecular formula is C101H133BrN12O21. The summed E-state index contributed by atoms with van der Waals surface area (Å²) in [5.74, 6) is -11.4. The number of unbranched alkanes of at least 4 members (excludes halogenated alkanes) is 1. The van der Waals surface area contributed by atoms with Gasteiger partial charge >= 0.3 is 5.97 Å². The molecule has 0 spiro atoms. The summed E-state index contributed by atoms with van der Waals surface area (Å²) in [7, 11) is 1.17. The Kier molecular flexibility index (Phi) is 40.7. The first-order valence-electron chi connectivity index (χ1n) is 46.5. The number of anilines is 1. The number of piperidine rings is 1. The molecule has 2 fully saturated rings. The second-order valence-electron chi connectivity index (χ2n) is 37.9. The Balaban J connectivity index is 0.967. The van der Waals surface area contributed by atoms with Crippen LogP contribution in [-0.4, -0.2) is 204 Å². The molecule has 10 atom stereocenters. The highest BCUT2D eigenvalue weighted by atomic mass is 79.9. The number of hydrogen-bond acceptors (Lipinski definition) is 25. The van der Waals surface area contributed by atoms with Gasteiger partial charge in [-0.2, -0.15) is 5.10 Å². The van der Waals surface area contributed by atoms with Gasteiger partial charge in [-0.3, -0.25) is 67.0 Å². The van der Waals surface area contributed by atoms with Crippen LogP contribution in [0.5, 0.6) is 11.5 Å². The molecule has 0 bridgehead atoms. The number of nitrogens with zero attached hydrogens (tertiary/aromatic N) is 6. The summed E-state index contributed by atoms with van der Waals surface area (Å²) >= 11 is 3.39. The van der Waals surface area contributed by atoms with E-state index in [2.05, 4.69) is 67.9 Å². The van der Waals surface area contributed by atoms with E-state index in [-0.39, 0.29) is 188 Å². The van der Waals surface area contributed by atoms with E-state index in [4.69, 9.17) is 18.9 Å². The first-order valence-corrected chi connectivity index (χ1v) is 47.3. The Morgan fingerprint density at radius 2 is 1.05 bits per heavy atom. The molecule has 6 N–H and O–H groups in total. The summed E-state index contributed by atoms with van der Waals surface area (Å²) in [4.78, 5) is 251. The molecule has 1 saturated carbocycles. The Bertz CT molecular complexity index is 5290. The van der Waals surface area contributed by atoms with Crippen LogP contribution in [-0.2, 0) is 106 Å². The molecule has 33 nitrogen and oxygen atoms in total. The normalized spacial score (nSPS) is 16.1. The van der Waals surface area contributed by atoms with Crippen molar-refractivity contribution in [3.63, 3.8) is 0 Å². The molecule has 0 radical (unpaired) electrons. The number of carbonyl (C=O) groups excluding carboxylic acids is 17. The zero-order chi connectivity index (χ0) is 99.3. The summed E-state index contributed by atoms with van der Waals surface area (Å²) in [5.41, 5.74) is 2.99. The number of hydrogen-bond donors (Lipinski definition) is 6. The first-order chi connectivity index (χ1) is 63.7. The van der Waals surface area contributed by atoms with Crippen LogP contribution in [0.15, 0.2) is 89.8 Å². The fourth-order valence-electron chi connectivity index (χ4n) is 16.8. The number of halogens is 1. The SMILES string of the molecule is CCC(=O)NCCCC[C@H](NC(=O)[C@H](CCC(C)=O)CC(=O)[C@H](Cc1ccc(OC(C)(C)C)cc1)NC(=O)[C@H](CCC(C)=O)CC(C)=O)C(=O)C[C@@H](CCC(C)=O)C(=O)N[C@@H](Cc1ccc(OC(C)(C)C)cc1)C(=O)C[C@@H](CCC(=O)OC)C(=O)NCCOCCC(=O)CC[C@@]12C[C@@H](C(=O)Nc3nc(Br)ccc3C)N(C(=O)Cn3nc(C(C)=O)c4cc(-c5cnc(C)nc5)cc(C)c43)[C@@H]1C2. The molecule has 1 aliphatic carbocycles. The summed E-state index contributed by atoms with van der Waals surface area (Å²) in [6, 6.07) is 15.3. The molecule has 0 unspecified atom stereocenters. The van der Waals surface area contributed by atoms with Gasteiger partial charge in [-0.1, -0.05) is 37.3 Å². The van der Waals surface area contributed by atoms with Crippen molar-refractivity contribution in [2.45, 2.75) is 299 Å². The molecule has 7 amide bonds. The van der Waals surface area contributed by atoms with Gasteiger partial charge in [0.05, 0.1) is 44.0 Å². The van der Waals surface area contributed by atoms with Crippen molar-refractivity contribution in [1.82, 2.24) is 56.2 Å². The van der Waals surface area contributed by atoms with E-state index in [1.54, 1.807) is 98.7 Å². The Morgan fingerprint density at radius 1 is 0.541 bits per heavy atom. The minimum atomic E-state index is -1.43. The van der Waals surface area contributed by atoms with Crippen molar-refractivity contribution >= 4 is 132 Å². The number of methoxy groups -OCH3 is 1. The summed E-state index contributed by atoms with van der Waals surface area (Å²) in [5, 5.41) is 22.2. The third-order valence-corrected chi connectivity index (χ3v) is 24.6. The average Bonchev–Trinajstić information content (AvgIpc) is 1.53. The van der Waals surface area contributed by atoms with Gasteiger partial charge in [0, 0.05) is 144 Å². The minimum absolute atomic E-state index is 0.0122. The monoisotopic (exact) mass is 1930 g/mol. The number of aromatic nitrogens is 5. The molecule has 3 aromatic heterocycles. The second-order valence-corrected chi connectivity index (χ2v) is 38.7. The molecule has 730 valence electrons. The third-order valence-electron chi connectivity index (χ3n) is 24.1. The van der Waals surface area contributed by atoms with E-state index in [0.29, 0.717) is 74.6 Å². The maximum Gasteiger partial charge on any atom is 0.305 e. The number of pyridine rings is 1.